The van der Waals surface area contributed by atoms with Gasteiger partial charge in [0, 0.05) is 51.2 Å². The van der Waals surface area contributed by atoms with Crippen LogP contribution in [0.5, 0.6) is 0 Å². The van der Waals surface area contributed by atoms with Crippen molar-refractivity contribution in [2.24, 2.45) is 7.05 Å². The Balaban J connectivity index is 2.21. The molecule has 6 nitrogen and oxygen atoms in total. The zero-order valence-corrected chi connectivity index (χ0v) is 13.8. The van der Waals surface area contributed by atoms with Gasteiger partial charge in [0.15, 0.2) is 0 Å². The van der Waals surface area contributed by atoms with Gasteiger partial charge >= 0.3 is 5.97 Å². The van der Waals surface area contributed by atoms with Gasteiger partial charge in [0.05, 0.1) is 7.11 Å². The Labute approximate surface area is 136 Å². The van der Waals surface area contributed by atoms with Crippen molar-refractivity contribution in [3.05, 3.63) is 35.8 Å². The second-order valence-corrected chi connectivity index (χ2v) is 5.70. The molecule has 23 heavy (non-hydrogen) atoms. The van der Waals surface area contributed by atoms with Crippen LogP contribution in [0.3, 0.4) is 0 Å². The molecule has 0 spiro atoms. The summed E-state index contributed by atoms with van der Waals surface area (Å²) in [4.78, 5) is 18.7. The van der Waals surface area contributed by atoms with Crippen LogP contribution in [-0.4, -0.2) is 48.8 Å². The predicted molar refractivity (Wildman–Crippen MR) is 89.8 cm³/mol. The summed E-state index contributed by atoms with van der Waals surface area (Å²) in [6.07, 6.45) is 3.56. The fourth-order valence-corrected chi connectivity index (χ4v) is 3.31. The maximum Gasteiger partial charge on any atom is 0.355 e. The Morgan fingerprint density at radius 1 is 1.26 bits per heavy atom. The lowest BCUT2D eigenvalue weighted by molar-refractivity contribution is 0.0589. The van der Waals surface area contributed by atoms with E-state index in [1.807, 2.05) is 30.7 Å². The number of nitrogens with zero attached hydrogens (tertiary/aromatic N) is 3. The van der Waals surface area contributed by atoms with Crippen molar-refractivity contribution in [1.82, 2.24) is 14.9 Å². The first-order valence-electron chi connectivity index (χ1n) is 7.78. The van der Waals surface area contributed by atoms with E-state index in [0.29, 0.717) is 5.69 Å². The summed E-state index contributed by atoms with van der Waals surface area (Å²) in [6.45, 7) is 5.68. The zero-order valence-electron chi connectivity index (χ0n) is 13.8. The van der Waals surface area contributed by atoms with Crippen LogP contribution in [0, 0.1) is 6.92 Å². The number of hydrogen-bond acceptors (Lipinski definition) is 5. The molecular weight excluding hydrogens is 292 g/mol. The molecule has 6 heteroatoms. The summed E-state index contributed by atoms with van der Waals surface area (Å²) in [5.41, 5.74) is 3.70. The first-order chi connectivity index (χ1) is 11.1. The van der Waals surface area contributed by atoms with Crippen LogP contribution in [0.25, 0.3) is 11.1 Å². The quantitative estimate of drug-likeness (QED) is 0.872. The van der Waals surface area contributed by atoms with Gasteiger partial charge in [-0.3, -0.25) is 4.98 Å². The van der Waals surface area contributed by atoms with Gasteiger partial charge < -0.3 is 19.5 Å². The molecule has 0 amide bonds. The Morgan fingerprint density at radius 3 is 2.52 bits per heavy atom. The van der Waals surface area contributed by atoms with Crippen LogP contribution >= 0.6 is 0 Å². The molecule has 3 rings (SSSR count). The number of rotatable bonds is 3. The molecule has 1 aliphatic rings. The average molecular weight is 314 g/mol. The molecule has 1 aliphatic heterocycles. The van der Waals surface area contributed by atoms with Crippen LogP contribution in [0.15, 0.2) is 24.5 Å². The SMILES string of the molecule is COC(=O)c1c(C)c(-c2ccncc2)c(N2CCNCC2)n1C. The minimum atomic E-state index is -0.304. The molecule has 1 saturated heterocycles. The monoisotopic (exact) mass is 314 g/mol. The standard InChI is InChI=1S/C17H22N4O2/c1-12-14(13-4-6-18-7-5-13)16(21-10-8-19-9-11-21)20(2)15(12)17(22)23-3/h4-7,19H,8-11H2,1-3H3. The lowest BCUT2D eigenvalue weighted by Crippen LogP contribution is -2.44. The number of aromatic nitrogens is 2. The highest BCUT2D eigenvalue weighted by Gasteiger charge is 2.28. The fourth-order valence-electron chi connectivity index (χ4n) is 3.31. The third-order valence-electron chi connectivity index (χ3n) is 4.37. The molecular formula is C17H22N4O2. The molecule has 0 bridgehead atoms. The van der Waals surface area contributed by atoms with Gasteiger partial charge in [-0.05, 0) is 30.2 Å². The lowest BCUT2D eigenvalue weighted by atomic mass is 10.0. The number of hydrogen-bond donors (Lipinski definition) is 1. The van der Waals surface area contributed by atoms with E-state index in [4.69, 9.17) is 4.74 Å². The molecule has 2 aromatic rings. The molecule has 0 unspecified atom stereocenters. The molecule has 1 N–H and O–H groups in total. The van der Waals surface area contributed by atoms with E-state index in [1.165, 1.54) is 7.11 Å². The minimum absolute atomic E-state index is 0.304. The van der Waals surface area contributed by atoms with Crippen molar-refractivity contribution in [1.29, 1.82) is 0 Å². The molecule has 3 heterocycles. The highest BCUT2D eigenvalue weighted by molar-refractivity contribution is 5.96. The number of piperazine rings is 1. The van der Waals surface area contributed by atoms with Crippen molar-refractivity contribution in [2.75, 3.05) is 38.2 Å². The number of ether oxygens (including phenoxy) is 1. The maximum absolute atomic E-state index is 12.2. The number of nitrogens with one attached hydrogen (secondary N) is 1. The summed E-state index contributed by atoms with van der Waals surface area (Å²) >= 11 is 0. The summed E-state index contributed by atoms with van der Waals surface area (Å²) < 4.78 is 6.95. The van der Waals surface area contributed by atoms with Gasteiger partial charge in [0.1, 0.15) is 11.5 Å². The number of carbonyl (C=O) groups excluding carboxylic acids is 1. The predicted octanol–water partition coefficient (Wildman–Crippen LogP) is 1.59. The van der Waals surface area contributed by atoms with E-state index in [-0.39, 0.29) is 5.97 Å². The van der Waals surface area contributed by atoms with Gasteiger partial charge in [-0.1, -0.05) is 0 Å². The summed E-state index contributed by atoms with van der Waals surface area (Å²) in [7, 11) is 3.35. The normalized spacial score (nSPS) is 14.8. The molecule has 0 aromatic carbocycles. The van der Waals surface area contributed by atoms with E-state index in [9.17, 15) is 4.79 Å². The molecule has 1 fully saturated rings. The molecule has 0 atom stereocenters. The van der Waals surface area contributed by atoms with Gasteiger partial charge in [0.2, 0.25) is 0 Å². The second-order valence-electron chi connectivity index (χ2n) is 5.70. The van der Waals surface area contributed by atoms with Crippen LogP contribution in [0.4, 0.5) is 5.82 Å². The van der Waals surface area contributed by atoms with Crippen molar-refractivity contribution < 1.29 is 9.53 Å². The van der Waals surface area contributed by atoms with Crippen molar-refractivity contribution in [3.8, 4) is 11.1 Å². The van der Waals surface area contributed by atoms with E-state index in [0.717, 1.165) is 48.7 Å². The Kier molecular flexibility index (Phi) is 4.34. The second kappa shape index (κ2) is 6.42. The first-order valence-corrected chi connectivity index (χ1v) is 7.78. The fraction of sp³-hybridized carbons (Fsp3) is 0.412. The number of esters is 1. The maximum atomic E-state index is 12.2. The van der Waals surface area contributed by atoms with Gasteiger partial charge in [-0.15, -0.1) is 0 Å². The Hall–Kier alpha value is -2.34. The largest absolute Gasteiger partial charge is 0.464 e. The number of carbonyl (C=O) groups is 1. The Bertz CT molecular complexity index is 703. The van der Waals surface area contributed by atoms with E-state index in [2.05, 4.69) is 15.2 Å². The van der Waals surface area contributed by atoms with E-state index < -0.39 is 0 Å². The van der Waals surface area contributed by atoms with Crippen LogP contribution < -0.4 is 10.2 Å². The van der Waals surface area contributed by atoms with E-state index in [1.54, 1.807) is 12.4 Å². The molecule has 122 valence electrons. The summed E-state index contributed by atoms with van der Waals surface area (Å²) in [5, 5.41) is 3.37. The van der Waals surface area contributed by atoms with Crippen LogP contribution in [0.1, 0.15) is 16.1 Å². The molecule has 0 aliphatic carbocycles. The zero-order chi connectivity index (χ0) is 16.4. The van der Waals surface area contributed by atoms with Crippen molar-refractivity contribution in [3.63, 3.8) is 0 Å². The van der Waals surface area contributed by atoms with Crippen molar-refractivity contribution >= 4 is 11.8 Å². The van der Waals surface area contributed by atoms with Crippen LogP contribution in [0.2, 0.25) is 0 Å². The topological polar surface area (TPSA) is 59.4 Å². The smallest absolute Gasteiger partial charge is 0.355 e. The van der Waals surface area contributed by atoms with Crippen molar-refractivity contribution in [2.45, 2.75) is 6.92 Å². The third kappa shape index (κ3) is 2.70. The van der Waals surface area contributed by atoms with E-state index >= 15 is 0 Å². The molecule has 0 saturated carbocycles. The molecule has 0 radical (unpaired) electrons. The minimum Gasteiger partial charge on any atom is -0.464 e. The Morgan fingerprint density at radius 2 is 1.91 bits per heavy atom. The number of methoxy groups -OCH3 is 1. The number of pyridine rings is 1. The van der Waals surface area contributed by atoms with Gasteiger partial charge in [0.25, 0.3) is 0 Å². The first kappa shape index (κ1) is 15.6. The molecule has 2 aromatic heterocycles. The average Bonchev–Trinajstić information content (AvgIpc) is 2.86. The highest BCUT2D eigenvalue weighted by Crippen LogP contribution is 2.38. The van der Waals surface area contributed by atoms with Gasteiger partial charge in [-0.25, -0.2) is 4.79 Å². The summed E-state index contributed by atoms with van der Waals surface area (Å²) in [5.74, 6) is 0.761. The summed E-state index contributed by atoms with van der Waals surface area (Å²) in [6, 6.07) is 3.96. The highest BCUT2D eigenvalue weighted by atomic mass is 16.5. The lowest BCUT2D eigenvalue weighted by Gasteiger charge is -2.31. The number of anilines is 1. The van der Waals surface area contributed by atoms with Gasteiger partial charge in [-0.2, -0.15) is 0 Å². The van der Waals surface area contributed by atoms with Crippen LogP contribution in [-0.2, 0) is 11.8 Å². The third-order valence-corrected chi connectivity index (χ3v) is 4.37.